The SMILES string of the molecule is CCNC(=O)C1CNCCN1C(=O)CSc1ccccc1. The molecule has 5 nitrogen and oxygen atoms in total. The van der Waals surface area contributed by atoms with Crippen molar-refractivity contribution >= 4 is 23.6 Å². The van der Waals surface area contributed by atoms with Gasteiger partial charge in [-0.3, -0.25) is 9.59 Å². The van der Waals surface area contributed by atoms with Gasteiger partial charge in [0.1, 0.15) is 6.04 Å². The lowest BCUT2D eigenvalue weighted by Crippen LogP contribution is -2.60. The van der Waals surface area contributed by atoms with Crippen molar-refractivity contribution in [2.75, 3.05) is 31.9 Å². The van der Waals surface area contributed by atoms with Crippen molar-refractivity contribution < 1.29 is 9.59 Å². The van der Waals surface area contributed by atoms with E-state index in [1.165, 1.54) is 11.8 Å². The highest BCUT2D eigenvalue weighted by Gasteiger charge is 2.31. The minimum Gasteiger partial charge on any atom is -0.355 e. The number of hydrogen-bond acceptors (Lipinski definition) is 4. The Hall–Kier alpha value is -1.53. The van der Waals surface area contributed by atoms with E-state index in [1.807, 2.05) is 37.3 Å². The summed E-state index contributed by atoms with van der Waals surface area (Å²) in [4.78, 5) is 27.2. The number of hydrogen-bond donors (Lipinski definition) is 2. The molecular weight excluding hydrogens is 286 g/mol. The van der Waals surface area contributed by atoms with Gasteiger partial charge in [0.25, 0.3) is 0 Å². The van der Waals surface area contributed by atoms with Gasteiger partial charge in [0.15, 0.2) is 0 Å². The van der Waals surface area contributed by atoms with Gasteiger partial charge in [-0.2, -0.15) is 0 Å². The summed E-state index contributed by atoms with van der Waals surface area (Å²) in [6.07, 6.45) is 0. The Balaban J connectivity index is 1.93. The van der Waals surface area contributed by atoms with Crippen LogP contribution in [0.4, 0.5) is 0 Å². The molecule has 1 aliphatic heterocycles. The molecular formula is C15H21N3O2S. The van der Waals surface area contributed by atoms with Crippen LogP contribution >= 0.6 is 11.8 Å². The van der Waals surface area contributed by atoms with Crippen molar-refractivity contribution in [2.24, 2.45) is 0 Å². The number of carbonyl (C=O) groups is 2. The average Bonchev–Trinajstić information content (AvgIpc) is 2.54. The average molecular weight is 307 g/mol. The molecule has 0 radical (unpaired) electrons. The summed E-state index contributed by atoms with van der Waals surface area (Å²) in [5, 5.41) is 5.97. The molecule has 0 aliphatic carbocycles. The van der Waals surface area contributed by atoms with Gasteiger partial charge in [0.2, 0.25) is 11.8 Å². The second-order valence-electron chi connectivity index (χ2n) is 4.80. The highest BCUT2D eigenvalue weighted by Crippen LogP contribution is 2.18. The topological polar surface area (TPSA) is 61.4 Å². The zero-order valence-corrected chi connectivity index (χ0v) is 13.0. The van der Waals surface area contributed by atoms with E-state index in [4.69, 9.17) is 0 Å². The quantitative estimate of drug-likeness (QED) is 0.787. The number of benzene rings is 1. The van der Waals surface area contributed by atoms with Crippen molar-refractivity contribution in [3.8, 4) is 0 Å². The first kappa shape index (κ1) is 15.9. The number of carbonyl (C=O) groups excluding carboxylic acids is 2. The van der Waals surface area contributed by atoms with Crippen molar-refractivity contribution in [3.05, 3.63) is 30.3 Å². The first-order valence-corrected chi connectivity index (χ1v) is 8.16. The van der Waals surface area contributed by atoms with Crippen LogP contribution in [0.3, 0.4) is 0 Å². The Labute approximate surface area is 129 Å². The summed E-state index contributed by atoms with van der Waals surface area (Å²) in [6, 6.07) is 9.42. The van der Waals surface area contributed by atoms with Gasteiger partial charge in [0, 0.05) is 31.1 Å². The lowest BCUT2D eigenvalue weighted by Gasteiger charge is -2.35. The number of piperazine rings is 1. The van der Waals surface area contributed by atoms with Crippen LogP contribution < -0.4 is 10.6 Å². The molecule has 1 heterocycles. The number of nitrogens with zero attached hydrogens (tertiary/aromatic N) is 1. The third-order valence-corrected chi connectivity index (χ3v) is 4.32. The van der Waals surface area contributed by atoms with Crippen molar-refractivity contribution in [1.29, 1.82) is 0 Å². The normalized spacial score (nSPS) is 18.3. The first-order chi connectivity index (χ1) is 10.2. The number of nitrogens with one attached hydrogen (secondary N) is 2. The van der Waals surface area contributed by atoms with E-state index in [1.54, 1.807) is 4.90 Å². The van der Waals surface area contributed by atoms with E-state index in [2.05, 4.69) is 10.6 Å². The Bertz CT molecular complexity index is 481. The van der Waals surface area contributed by atoms with Gasteiger partial charge in [-0.1, -0.05) is 18.2 Å². The molecule has 2 N–H and O–H groups in total. The van der Waals surface area contributed by atoms with E-state index in [0.717, 1.165) is 11.4 Å². The Kier molecular flexibility index (Phi) is 6.07. The van der Waals surface area contributed by atoms with Gasteiger partial charge < -0.3 is 15.5 Å². The summed E-state index contributed by atoms with van der Waals surface area (Å²) >= 11 is 1.51. The third-order valence-electron chi connectivity index (χ3n) is 3.32. The maximum absolute atomic E-state index is 12.4. The van der Waals surface area contributed by atoms with E-state index < -0.39 is 6.04 Å². The van der Waals surface area contributed by atoms with Crippen LogP contribution in [0.25, 0.3) is 0 Å². The summed E-state index contributed by atoms with van der Waals surface area (Å²) in [5.74, 6) is 0.296. The summed E-state index contributed by atoms with van der Waals surface area (Å²) in [6.45, 7) is 4.29. The third kappa shape index (κ3) is 4.47. The number of rotatable bonds is 5. The van der Waals surface area contributed by atoms with Gasteiger partial charge >= 0.3 is 0 Å². The van der Waals surface area contributed by atoms with E-state index >= 15 is 0 Å². The van der Waals surface area contributed by atoms with E-state index in [9.17, 15) is 9.59 Å². The lowest BCUT2D eigenvalue weighted by atomic mass is 10.1. The largest absolute Gasteiger partial charge is 0.355 e. The molecule has 1 aromatic carbocycles. The van der Waals surface area contributed by atoms with Crippen LogP contribution in [0, 0.1) is 0 Å². The molecule has 0 aromatic heterocycles. The van der Waals surface area contributed by atoms with Crippen LogP contribution in [0.2, 0.25) is 0 Å². The van der Waals surface area contributed by atoms with Gasteiger partial charge in [-0.25, -0.2) is 0 Å². The molecule has 0 spiro atoms. The van der Waals surface area contributed by atoms with Crippen molar-refractivity contribution in [2.45, 2.75) is 17.9 Å². The molecule has 21 heavy (non-hydrogen) atoms. The Morgan fingerprint density at radius 2 is 2.14 bits per heavy atom. The molecule has 6 heteroatoms. The maximum Gasteiger partial charge on any atom is 0.244 e. The van der Waals surface area contributed by atoms with Crippen LogP contribution in [0.5, 0.6) is 0 Å². The minimum absolute atomic E-state index is 0.0154. The summed E-state index contributed by atoms with van der Waals surface area (Å²) in [5.41, 5.74) is 0. The van der Waals surface area contributed by atoms with Crippen LogP contribution in [-0.2, 0) is 9.59 Å². The number of thioether (sulfide) groups is 1. The second kappa shape index (κ2) is 8.05. The molecule has 2 amide bonds. The van der Waals surface area contributed by atoms with Crippen LogP contribution in [0.15, 0.2) is 35.2 Å². The van der Waals surface area contributed by atoms with Gasteiger partial charge in [0.05, 0.1) is 5.75 Å². The summed E-state index contributed by atoms with van der Waals surface area (Å²) in [7, 11) is 0. The molecule has 1 atom stereocenters. The smallest absolute Gasteiger partial charge is 0.244 e. The fraction of sp³-hybridized carbons (Fsp3) is 0.467. The minimum atomic E-state index is -0.400. The zero-order chi connectivity index (χ0) is 15.1. The monoisotopic (exact) mass is 307 g/mol. The van der Waals surface area contributed by atoms with E-state index in [-0.39, 0.29) is 11.8 Å². The molecule has 1 saturated heterocycles. The van der Waals surface area contributed by atoms with Crippen molar-refractivity contribution in [3.63, 3.8) is 0 Å². The van der Waals surface area contributed by atoms with Crippen LogP contribution in [-0.4, -0.2) is 54.7 Å². The van der Waals surface area contributed by atoms with Crippen molar-refractivity contribution in [1.82, 2.24) is 15.5 Å². The Morgan fingerprint density at radius 1 is 1.38 bits per heavy atom. The van der Waals surface area contributed by atoms with Crippen LogP contribution in [0.1, 0.15) is 6.92 Å². The predicted molar refractivity (Wildman–Crippen MR) is 84.2 cm³/mol. The van der Waals surface area contributed by atoms with Gasteiger partial charge in [-0.05, 0) is 19.1 Å². The fourth-order valence-electron chi connectivity index (χ4n) is 2.27. The summed E-state index contributed by atoms with van der Waals surface area (Å²) < 4.78 is 0. The maximum atomic E-state index is 12.4. The molecule has 0 saturated carbocycles. The highest BCUT2D eigenvalue weighted by atomic mass is 32.2. The zero-order valence-electron chi connectivity index (χ0n) is 12.2. The molecule has 1 aliphatic rings. The van der Waals surface area contributed by atoms with Gasteiger partial charge in [-0.15, -0.1) is 11.8 Å². The molecule has 0 bridgehead atoms. The number of likely N-dealkylation sites (N-methyl/N-ethyl adjacent to an activating group) is 1. The molecule has 1 aromatic rings. The Morgan fingerprint density at radius 3 is 2.86 bits per heavy atom. The second-order valence-corrected chi connectivity index (χ2v) is 5.85. The molecule has 1 unspecified atom stereocenters. The molecule has 114 valence electrons. The van der Waals surface area contributed by atoms with E-state index in [0.29, 0.717) is 25.4 Å². The lowest BCUT2D eigenvalue weighted by molar-refractivity contribution is -0.139. The number of amides is 2. The highest BCUT2D eigenvalue weighted by molar-refractivity contribution is 8.00. The predicted octanol–water partition coefficient (Wildman–Crippen LogP) is 0.715. The first-order valence-electron chi connectivity index (χ1n) is 7.18. The molecule has 1 fully saturated rings. The standard InChI is InChI=1S/C15H21N3O2S/c1-2-17-15(20)13-10-16-8-9-18(13)14(19)11-21-12-6-4-3-5-7-12/h3-7,13,16H,2,8-11H2,1H3,(H,17,20). The molecule has 2 rings (SSSR count). The fourth-order valence-corrected chi connectivity index (χ4v) is 3.08.